The molecule has 0 saturated carbocycles. The van der Waals surface area contributed by atoms with Gasteiger partial charge in [0.15, 0.2) is 0 Å². The van der Waals surface area contributed by atoms with E-state index in [1.54, 1.807) is 0 Å². The van der Waals surface area contributed by atoms with Crippen molar-refractivity contribution >= 4 is 5.91 Å². The van der Waals surface area contributed by atoms with E-state index in [0.717, 1.165) is 42.5 Å². The first-order valence-corrected chi connectivity index (χ1v) is 7.14. The van der Waals surface area contributed by atoms with E-state index in [4.69, 9.17) is 5.73 Å². The highest BCUT2D eigenvalue weighted by Crippen LogP contribution is 2.14. The van der Waals surface area contributed by atoms with E-state index in [1.807, 2.05) is 32.0 Å². The van der Waals surface area contributed by atoms with Crippen LogP contribution in [0.5, 0.6) is 0 Å². The molecule has 0 aliphatic rings. The van der Waals surface area contributed by atoms with Crippen molar-refractivity contribution in [3.63, 3.8) is 0 Å². The Morgan fingerprint density at radius 1 is 1.26 bits per heavy atom. The Bertz CT molecular complexity index is 389. The lowest BCUT2D eigenvalue weighted by Crippen LogP contribution is -2.31. The van der Waals surface area contributed by atoms with Gasteiger partial charge in [0.05, 0.1) is 0 Å². The van der Waals surface area contributed by atoms with Gasteiger partial charge in [0.1, 0.15) is 0 Å². The van der Waals surface area contributed by atoms with Gasteiger partial charge in [-0.1, -0.05) is 31.5 Å². The van der Waals surface area contributed by atoms with Gasteiger partial charge in [-0.3, -0.25) is 4.79 Å². The number of hydrogen-bond acceptors (Lipinski definition) is 2. The summed E-state index contributed by atoms with van der Waals surface area (Å²) in [5.41, 5.74) is 8.49. The van der Waals surface area contributed by atoms with Crippen molar-refractivity contribution in [2.45, 2.75) is 40.0 Å². The largest absolute Gasteiger partial charge is 0.352 e. The maximum atomic E-state index is 12.3. The van der Waals surface area contributed by atoms with Gasteiger partial charge >= 0.3 is 0 Å². The van der Waals surface area contributed by atoms with Crippen LogP contribution in [0, 0.1) is 19.8 Å². The summed E-state index contributed by atoms with van der Waals surface area (Å²) >= 11 is 0. The predicted octanol–water partition coefficient (Wildman–Crippen LogP) is 2.80. The van der Waals surface area contributed by atoms with Gasteiger partial charge in [-0.25, -0.2) is 0 Å². The Labute approximate surface area is 116 Å². The van der Waals surface area contributed by atoms with Gasteiger partial charge < -0.3 is 11.1 Å². The second kappa shape index (κ2) is 7.95. The highest BCUT2D eigenvalue weighted by Gasteiger charge is 2.13. The van der Waals surface area contributed by atoms with Crippen LogP contribution in [-0.2, 0) is 0 Å². The number of amides is 1. The van der Waals surface area contributed by atoms with E-state index >= 15 is 0 Å². The molecule has 1 amide bonds. The number of aryl methyl sites for hydroxylation is 2. The van der Waals surface area contributed by atoms with Crippen LogP contribution in [0.4, 0.5) is 0 Å². The maximum Gasteiger partial charge on any atom is 0.251 e. The fourth-order valence-electron chi connectivity index (χ4n) is 2.49. The standard InChI is InChI=1S/C16H26N2O/c1-4-6-14(9-10-17)11-18-16(19)15-12(2)7-5-8-13(15)3/h5,7-8,14H,4,6,9-11,17H2,1-3H3,(H,18,19). The predicted molar refractivity (Wildman–Crippen MR) is 80.3 cm³/mol. The van der Waals surface area contributed by atoms with Crippen LogP contribution < -0.4 is 11.1 Å². The second-order valence-corrected chi connectivity index (χ2v) is 5.21. The van der Waals surface area contributed by atoms with Gasteiger partial charge in [0, 0.05) is 12.1 Å². The van der Waals surface area contributed by atoms with E-state index in [1.165, 1.54) is 0 Å². The first kappa shape index (κ1) is 15.7. The average molecular weight is 262 g/mol. The molecule has 0 radical (unpaired) electrons. The zero-order valence-electron chi connectivity index (χ0n) is 12.3. The number of nitrogens with two attached hydrogens (primary N) is 1. The van der Waals surface area contributed by atoms with E-state index in [9.17, 15) is 4.79 Å². The smallest absolute Gasteiger partial charge is 0.251 e. The molecule has 3 heteroatoms. The summed E-state index contributed by atoms with van der Waals surface area (Å²) in [4.78, 5) is 12.3. The molecular formula is C16H26N2O. The molecular weight excluding hydrogens is 236 g/mol. The van der Waals surface area contributed by atoms with Crippen LogP contribution >= 0.6 is 0 Å². The SMILES string of the molecule is CCCC(CCN)CNC(=O)c1c(C)cccc1C. The molecule has 0 fully saturated rings. The van der Waals surface area contributed by atoms with E-state index in [0.29, 0.717) is 12.5 Å². The van der Waals surface area contributed by atoms with Gasteiger partial charge in [-0.15, -0.1) is 0 Å². The topological polar surface area (TPSA) is 55.1 Å². The van der Waals surface area contributed by atoms with Crippen LogP contribution in [0.15, 0.2) is 18.2 Å². The number of carbonyl (C=O) groups excluding carboxylic acids is 1. The molecule has 0 aliphatic carbocycles. The van der Waals surface area contributed by atoms with E-state index in [2.05, 4.69) is 12.2 Å². The van der Waals surface area contributed by atoms with Crippen molar-refractivity contribution in [1.29, 1.82) is 0 Å². The monoisotopic (exact) mass is 262 g/mol. The Hall–Kier alpha value is -1.35. The highest BCUT2D eigenvalue weighted by molar-refractivity contribution is 5.97. The van der Waals surface area contributed by atoms with Crippen LogP contribution in [0.3, 0.4) is 0 Å². The third kappa shape index (κ3) is 4.67. The van der Waals surface area contributed by atoms with Gasteiger partial charge in [-0.05, 0) is 50.3 Å². The lowest BCUT2D eigenvalue weighted by Gasteiger charge is -2.17. The molecule has 0 bridgehead atoms. The highest BCUT2D eigenvalue weighted by atomic mass is 16.1. The fraction of sp³-hybridized carbons (Fsp3) is 0.562. The summed E-state index contributed by atoms with van der Waals surface area (Å²) in [7, 11) is 0. The quantitative estimate of drug-likeness (QED) is 0.794. The third-order valence-corrected chi connectivity index (χ3v) is 3.53. The van der Waals surface area contributed by atoms with Crippen LogP contribution in [-0.4, -0.2) is 19.0 Å². The van der Waals surface area contributed by atoms with Crippen LogP contribution in [0.1, 0.15) is 47.7 Å². The normalized spacial score (nSPS) is 12.2. The number of benzene rings is 1. The summed E-state index contributed by atoms with van der Waals surface area (Å²) in [6, 6.07) is 5.94. The Morgan fingerprint density at radius 2 is 1.89 bits per heavy atom. The number of nitrogens with one attached hydrogen (secondary N) is 1. The van der Waals surface area contributed by atoms with Crippen molar-refractivity contribution in [3.8, 4) is 0 Å². The maximum absolute atomic E-state index is 12.3. The third-order valence-electron chi connectivity index (χ3n) is 3.53. The van der Waals surface area contributed by atoms with Gasteiger partial charge in [0.25, 0.3) is 5.91 Å². The Morgan fingerprint density at radius 3 is 2.42 bits per heavy atom. The summed E-state index contributed by atoms with van der Waals surface area (Å²) < 4.78 is 0. The van der Waals surface area contributed by atoms with E-state index < -0.39 is 0 Å². The molecule has 1 rings (SSSR count). The minimum Gasteiger partial charge on any atom is -0.352 e. The molecule has 1 aromatic rings. The zero-order valence-corrected chi connectivity index (χ0v) is 12.3. The number of hydrogen-bond donors (Lipinski definition) is 2. The summed E-state index contributed by atoms with van der Waals surface area (Å²) in [5.74, 6) is 0.525. The van der Waals surface area contributed by atoms with Gasteiger partial charge in [0.2, 0.25) is 0 Å². The van der Waals surface area contributed by atoms with Crippen molar-refractivity contribution in [2.24, 2.45) is 11.7 Å². The first-order valence-electron chi connectivity index (χ1n) is 7.14. The lowest BCUT2D eigenvalue weighted by atomic mass is 9.98. The van der Waals surface area contributed by atoms with Crippen molar-refractivity contribution in [2.75, 3.05) is 13.1 Å². The molecule has 1 aromatic carbocycles. The Balaban J connectivity index is 2.64. The molecule has 0 aliphatic heterocycles. The molecule has 3 nitrogen and oxygen atoms in total. The van der Waals surface area contributed by atoms with Crippen molar-refractivity contribution in [1.82, 2.24) is 5.32 Å². The minimum absolute atomic E-state index is 0.0359. The lowest BCUT2D eigenvalue weighted by molar-refractivity contribution is 0.0944. The molecule has 0 spiro atoms. The Kier molecular flexibility index (Phi) is 6.57. The molecule has 3 N–H and O–H groups in total. The van der Waals surface area contributed by atoms with Crippen molar-refractivity contribution < 1.29 is 4.79 Å². The number of carbonyl (C=O) groups is 1. The van der Waals surface area contributed by atoms with Crippen LogP contribution in [0.25, 0.3) is 0 Å². The first-order chi connectivity index (χ1) is 9.10. The molecule has 1 unspecified atom stereocenters. The number of rotatable bonds is 7. The minimum atomic E-state index is 0.0359. The fourth-order valence-corrected chi connectivity index (χ4v) is 2.49. The summed E-state index contributed by atoms with van der Waals surface area (Å²) in [6.07, 6.45) is 3.22. The summed E-state index contributed by atoms with van der Waals surface area (Å²) in [5, 5.41) is 3.06. The van der Waals surface area contributed by atoms with Crippen molar-refractivity contribution in [3.05, 3.63) is 34.9 Å². The molecule has 0 saturated heterocycles. The van der Waals surface area contributed by atoms with E-state index in [-0.39, 0.29) is 5.91 Å². The molecule has 0 heterocycles. The molecule has 106 valence electrons. The summed E-state index contributed by atoms with van der Waals surface area (Å²) in [6.45, 7) is 7.52. The molecule has 1 atom stereocenters. The average Bonchev–Trinajstić information content (AvgIpc) is 2.36. The molecule has 0 aromatic heterocycles. The zero-order chi connectivity index (χ0) is 14.3. The second-order valence-electron chi connectivity index (χ2n) is 5.21. The van der Waals surface area contributed by atoms with Gasteiger partial charge in [-0.2, -0.15) is 0 Å². The van der Waals surface area contributed by atoms with Crippen LogP contribution in [0.2, 0.25) is 0 Å². The molecule has 19 heavy (non-hydrogen) atoms.